The van der Waals surface area contributed by atoms with Crippen molar-refractivity contribution in [2.24, 2.45) is 0 Å². The molecule has 2 N–H and O–H groups in total. The quantitative estimate of drug-likeness (QED) is 0.833. The van der Waals surface area contributed by atoms with Crippen LogP contribution >= 0.6 is 34.8 Å². The normalized spacial score (nSPS) is 10.3. The van der Waals surface area contributed by atoms with E-state index in [4.69, 9.17) is 45.3 Å². The minimum Gasteiger partial charge on any atom is -0.436 e. The molecule has 1 heterocycles. The van der Waals surface area contributed by atoms with Crippen LogP contribution in [0.3, 0.4) is 0 Å². The van der Waals surface area contributed by atoms with Gasteiger partial charge >= 0.3 is 0 Å². The molecule has 88 valence electrons. The molecule has 0 fully saturated rings. The summed E-state index contributed by atoms with van der Waals surface area (Å²) in [6, 6.07) is 6.44. The molecule has 0 aliphatic carbocycles. The summed E-state index contributed by atoms with van der Waals surface area (Å²) in [4.78, 5) is 3.96. The van der Waals surface area contributed by atoms with E-state index in [9.17, 15) is 0 Å². The minimum absolute atomic E-state index is 0.239. The molecule has 2 rings (SSSR count). The van der Waals surface area contributed by atoms with Crippen molar-refractivity contribution < 1.29 is 4.74 Å². The fourth-order valence-corrected chi connectivity index (χ4v) is 1.83. The van der Waals surface area contributed by atoms with Crippen LogP contribution in [0.5, 0.6) is 11.6 Å². The van der Waals surface area contributed by atoms with Gasteiger partial charge in [0, 0.05) is 11.9 Å². The monoisotopic (exact) mass is 288 g/mol. The first-order valence-corrected chi connectivity index (χ1v) is 5.73. The van der Waals surface area contributed by atoms with Gasteiger partial charge in [-0.15, -0.1) is 0 Å². The Balaban J connectivity index is 2.31. The van der Waals surface area contributed by atoms with Gasteiger partial charge in [0.05, 0.1) is 10.0 Å². The average Bonchev–Trinajstić information content (AvgIpc) is 2.25. The molecular formula is C11H7Cl3N2O. The van der Waals surface area contributed by atoms with Gasteiger partial charge in [-0.3, -0.25) is 0 Å². The van der Waals surface area contributed by atoms with Gasteiger partial charge in [-0.2, -0.15) is 0 Å². The second-order valence-electron chi connectivity index (χ2n) is 3.23. The number of ether oxygens (including phenoxy) is 1. The molecule has 3 nitrogen and oxygen atoms in total. The number of halogens is 3. The Hall–Kier alpha value is -1.16. The van der Waals surface area contributed by atoms with Crippen LogP contribution in [0.1, 0.15) is 0 Å². The molecule has 0 saturated heterocycles. The lowest BCUT2D eigenvalue weighted by molar-refractivity contribution is 0.463. The molecule has 2 aromatic rings. The Labute approximate surface area is 113 Å². The van der Waals surface area contributed by atoms with Gasteiger partial charge in [-0.1, -0.05) is 34.8 Å². The predicted molar refractivity (Wildman–Crippen MR) is 70.2 cm³/mol. The topological polar surface area (TPSA) is 48.1 Å². The number of pyridine rings is 1. The van der Waals surface area contributed by atoms with E-state index >= 15 is 0 Å². The lowest BCUT2D eigenvalue weighted by Gasteiger charge is -2.08. The summed E-state index contributed by atoms with van der Waals surface area (Å²) in [6.07, 6.45) is 1.44. The number of anilines is 1. The highest BCUT2D eigenvalue weighted by atomic mass is 35.5. The Morgan fingerprint density at radius 3 is 2.47 bits per heavy atom. The summed E-state index contributed by atoms with van der Waals surface area (Å²) in [5.41, 5.74) is 6.12. The lowest BCUT2D eigenvalue weighted by Crippen LogP contribution is -1.91. The van der Waals surface area contributed by atoms with Crippen LogP contribution in [0.4, 0.5) is 5.69 Å². The molecule has 1 aromatic heterocycles. The van der Waals surface area contributed by atoms with E-state index in [1.54, 1.807) is 18.2 Å². The molecule has 1 aromatic carbocycles. The van der Waals surface area contributed by atoms with E-state index in [0.29, 0.717) is 26.5 Å². The van der Waals surface area contributed by atoms with Crippen LogP contribution < -0.4 is 10.5 Å². The molecule has 6 heteroatoms. The molecule has 0 bridgehead atoms. The highest BCUT2D eigenvalue weighted by Gasteiger charge is 2.08. The first-order valence-electron chi connectivity index (χ1n) is 4.60. The van der Waals surface area contributed by atoms with Gasteiger partial charge in [0.2, 0.25) is 5.88 Å². The highest BCUT2D eigenvalue weighted by molar-refractivity contribution is 6.35. The third kappa shape index (κ3) is 2.94. The molecule has 0 saturated carbocycles. The summed E-state index contributed by atoms with van der Waals surface area (Å²) < 4.78 is 5.46. The SMILES string of the molecule is Nc1ccc(Oc2ncc(Cl)cc2Cl)c(Cl)c1. The largest absolute Gasteiger partial charge is 0.436 e. The van der Waals surface area contributed by atoms with Crippen LogP contribution in [0.15, 0.2) is 30.5 Å². The van der Waals surface area contributed by atoms with E-state index < -0.39 is 0 Å². The van der Waals surface area contributed by atoms with Crippen LogP contribution in [0.25, 0.3) is 0 Å². The zero-order valence-corrected chi connectivity index (χ0v) is 10.7. The maximum Gasteiger partial charge on any atom is 0.238 e. The van der Waals surface area contributed by atoms with E-state index in [2.05, 4.69) is 4.98 Å². The molecule has 0 aliphatic rings. The van der Waals surface area contributed by atoms with Crippen molar-refractivity contribution in [2.75, 3.05) is 5.73 Å². The maximum absolute atomic E-state index is 5.96. The van der Waals surface area contributed by atoms with Crippen molar-refractivity contribution in [3.8, 4) is 11.6 Å². The molecule has 0 aliphatic heterocycles. The lowest BCUT2D eigenvalue weighted by atomic mass is 10.3. The van der Waals surface area contributed by atoms with Gasteiger partial charge in [0.15, 0.2) is 0 Å². The summed E-state index contributed by atoms with van der Waals surface area (Å²) in [5, 5.41) is 1.13. The van der Waals surface area contributed by atoms with Crippen LogP contribution in [0.2, 0.25) is 15.1 Å². The van der Waals surface area contributed by atoms with E-state index in [-0.39, 0.29) is 5.88 Å². The van der Waals surface area contributed by atoms with Gasteiger partial charge in [-0.25, -0.2) is 4.98 Å². The van der Waals surface area contributed by atoms with E-state index in [0.717, 1.165) is 0 Å². The number of aromatic nitrogens is 1. The van der Waals surface area contributed by atoms with Crippen LogP contribution in [-0.4, -0.2) is 4.98 Å². The molecule has 17 heavy (non-hydrogen) atoms. The zero-order chi connectivity index (χ0) is 12.4. The molecular weight excluding hydrogens is 282 g/mol. The molecule has 0 spiro atoms. The Morgan fingerprint density at radius 1 is 1.06 bits per heavy atom. The van der Waals surface area contributed by atoms with Crippen molar-refractivity contribution in [1.29, 1.82) is 0 Å². The third-order valence-corrected chi connectivity index (χ3v) is 2.71. The number of nitrogens with two attached hydrogens (primary N) is 1. The Kier molecular flexibility index (Phi) is 3.62. The summed E-state index contributed by atoms with van der Waals surface area (Å²) in [7, 11) is 0. The first-order chi connectivity index (χ1) is 8.06. The van der Waals surface area contributed by atoms with Crippen molar-refractivity contribution in [2.45, 2.75) is 0 Å². The predicted octanol–water partition coefficient (Wildman–Crippen LogP) is 4.42. The number of rotatable bonds is 2. The standard InChI is InChI=1S/C11H7Cl3N2O/c12-6-3-9(14)11(16-5-6)17-10-2-1-7(15)4-8(10)13/h1-5H,15H2. The van der Waals surface area contributed by atoms with Crippen molar-refractivity contribution in [1.82, 2.24) is 4.98 Å². The molecule has 0 unspecified atom stereocenters. The van der Waals surface area contributed by atoms with E-state index in [1.165, 1.54) is 12.3 Å². The smallest absolute Gasteiger partial charge is 0.238 e. The first kappa shape index (κ1) is 12.3. The van der Waals surface area contributed by atoms with Crippen molar-refractivity contribution >= 4 is 40.5 Å². The summed E-state index contributed by atoms with van der Waals surface area (Å²) >= 11 is 17.6. The Bertz CT molecular complexity index is 511. The number of hydrogen-bond acceptors (Lipinski definition) is 3. The molecule has 0 radical (unpaired) electrons. The van der Waals surface area contributed by atoms with Gasteiger partial charge in [0.25, 0.3) is 0 Å². The number of nitrogen functional groups attached to an aromatic ring is 1. The van der Waals surface area contributed by atoms with Crippen LogP contribution in [0, 0.1) is 0 Å². The van der Waals surface area contributed by atoms with Crippen LogP contribution in [-0.2, 0) is 0 Å². The number of hydrogen-bond donors (Lipinski definition) is 1. The minimum atomic E-state index is 0.239. The number of benzene rings is 1. The number of nitrogens with zero attached hydrogens (tertiary/aromatic N) is 1. The average molecular weight is 290 g/mol. The summed E-state index contributed by atoms with van der Waals surface area (Å²) in [5.74, 6) is 0.667. The van der Waals surface area contributed by atoms with E-state index in [1.807, 2.05) is 0 Å². The molecule has 0 atom stereocenters. The molecule has 0 amide bonds. The van der Waals surface area contributed by atoms with Crippen molar-refractivity contribution in [3.05, 3.63) is 45.5 Å². The fraction of sp³-hybridized carbons (Fsp3) is 0. The highest BCUT2D eigenvalue weighted by Crippen LogP contribution is 2.33. The Morgan fingerprint density at radius 2 is 1.82 bits per heavy atom. The maximum atomic E-state index is 5.96. The van der Waals surface area contributed by atoms with Gasteiger partial charge in [0.1, 0.15) is 10.8 Å². The van der Waals surface area contributed by atoms with Gasteiger partial charge < -0.3 is 10.5 Å². The summed E-state index contributed by atoms with van der Waals surface area (Å²) in [6.45, 7) is 0. The zero-order valence-electron chi connectivity index (χ0n) is 8.45. The van der Waals surface area contributed by atoms with Crippen molar-refractivity contribution in [3.63, 3.8) is 0 Å². The third-order valence-electron chi connectivity index (χ3n) is 1.94. The fourth-order valence-electron chi connectivity index (χ4n) is 1.18. The van der Waals surface area contributed by atoms with Gasteiger partial charge in [-0.05, 0) is 24.3 Å². The second-order valence-corrected chi connectivity index (χ2v) is 4.48. The second kappa shape index (κ2) is 5.00.